The number of nitrogens with two attached hydrogens (primary N) is 1. The number of benzene rings is 2. The Bertz CT molecular complexity index is 855. The van der Waals surface area contributed by atoms with Gasteiger partial charge < -0.3 is 16.0 Å². The second-order valence-electron chi connectivity index (χ2n) is 6.20. The minimum atomic E-state index is -0.140. The highest BCUT2D eigenvalue weighted by Crippen LogP contribution is 2.30. The molecule has 1 aromatic heterocycles. The van der Waals surface area contributed by atoms with Crippen LogP contribution in [0.2, 0.25) is 10.0 Å². The lowest BCUT2D eigenvalue weighted by Crippen LogP contribution is -2.28. The van der Waals surface area contributed by atoms with Gasteiger partial charge in [-0.3, -0.25) is 0 Å². The highest BCUT2D eigenvalue weighted by molar-refractivity contribution is 6.42. The van der Waals surface area contributed by atoms with Gasteiger partial charge in [-0.25, -0.2) is 4.98 Å². The van der Waals surface area contributed by atoms with Gasteiger partial charge in [-0.15, -0.1) is 0 Å². The molecule has 2 aromatic carbocycles. The molecule has 0 aliphatic rings. The maximum Gasteiger partial charge on any atom is 0.201 e. The second-order valence-corrected chi connectivity index (χ2v) is 7.01. The van der Waals surface area contributed by atoms with E-state index in [1.54, 1.807) is 0 Å². The van der Waals surface area contributed by atoms with Crippen LogP contribution in [0, 0.1) is 0 Å². The highest BCUT2D eigenvalue weighted by atomic mass is 35.5. The van der Waals surface area contributed by atoms with Gasteiger partial charge in [-0.2, -0.15) is 0 Å². The number of anilines is 2. The van der Waals surface area contributed by atoms with Crippen LogP contribution in [0.25, 0.3) is 11.0 Å². The maximum absolute atomic E-state index is 6.12. The number of aromatic amines is 1. The first-order valence-electron chi connectivity index (χ1n) is 7.30. The number of H-pyrrole nitrogens is 1. The monoisotopic (exact) mass is 348 g/mol. The van der Waals surface area contributed by atoms with Crippen molar-refractivity contribution >= 4 is 45.9 Å². The first-order chi connectivity index (χ1) is 10.9. The fourth-order valence-corrected chi connectivity index (χ4v) is 2.76. The van der Waals surface area contributed by atoms with Crippen LogP contribution in [0.5, 0.6) is 0 Å². The average molecular weight is 349 g/mol. The van der Waals surface area contributed by atoms with Gasteiger partial charge in [0.1, 0.15) is 5.52 Å². The van der Waals surface area contributed by atoms with Gasteiger partial charge in [0, 0.05) is 12.0 Å². The normalized spacial score (nSPS) is 11.8. The summed E-state index contributed by atoms with van der Waals surface area (Å²) in [4.78, 5) is 7.73. The van der Waals surface area contributed by atoms with Crippen molar-refractivity contribution in [2.75, 3.05) is 17.6 Å². The zero-order chi connectivity index (χ0) is 16.6. The number of nitrogens with one attached hydrogen (secondary N) is 2. The molecule has 0 saturated carbocycles. The Morgan fingerprint density at radius 2 is 1.96 bits per heavy atom. The third-order valence-corrected chi connectivity index (χ3v) is 4.68. The van der Waals surface area contributed by atoms with E-state index in [0.717, 1.165) is 16.6 Å². The van der Waals surface area contributed by atoms with Gasteiger partial charge in [0.15, 0.2) is 0 Å². The lowest BCUT2D eigenvalue weighted by Gasteiger charge is -2.26. The van der Waals surface area contributed by atoms with E-state index in [-0.39, 0.29) is 5.41 Å². The number of nitrogen functional groups attached to an aromatic ring is 1. The molecule has 0 atom stereocenters. The fourth-order valence-electron chi connectivity index (χ4n) is 2.46. The Labute approximate surface area is 145 Å². The SMILES string of the molecule is CC(C)(CNc1nc2c(N)cccc2[nH]1)c1ccc(Cl)c(Cl)c1. The van der Waals surface area contributed by atoms with Crippen molar-refractivity contribution in [3.63, 3.8) is 0 Å². The summed E-state index contributed by atoms with van der Waals surface area (Å²) < 4.78 is 0. The molecule has 3 rings (SSSR count). The highest BCUT2D eigenvalue weighted by Gasteiger charge is 2.22. The van der Waals surface area contributed by atoms with Crippen molar-refractivity contribution in [2.45, 2.75) is 19.3 Å². The van der Waals surface area contributed by atoms with E-state index in [4.69, 9.17) is 28.9 Å². The molecule has 3 aromatic rings. The number of nitrogens with zero attached hydrogens (tertiary/aromatic N) is 1. The summed E-state index contributed by atoms with van der Waals surface area (Å²) in [6.45, 7) is 4.96. The van der Waals surface area contributed by atoms with Crippen LogP contribution < -0.4 is 11.1 Å². The summed E-state index contributed by atoms with van der Waals surface area (Å²) in [7, 11) is 0. The van der Waals surface area contributed by atoms with Gasteiger partial charge in [0.25, 0.3) is 0 Å². The topological polar surface area (TPSA) is 66.7 Å². The van der Waals surface area contributed by atoms with Crippen LogP contribution in [0.1, 0.15) is 19.4 Å². The zero-order valence-corrected chi connectivity index (χ0v) is 14.5. The summed E-state index contributed by atoms with van der Waals surface area (Å²) in [5.74, 6) is 0.700. The van der Waals surface area contributed by atoms with Crippen LogP contribution in [-0.2, 0) is 5.41 Å². The van der Waals surface area contributed by atoms with Crippen LogP contribution in [0.3, 0.4) is 0 Å². The Balaban J connectivity index is 1.79. The number of para-hydroxylation sites is 1. The lowest BCUT2D eigenvalue weighted by atomic mass is 9.84. The third-order valence-electron chi connectivity index (χ3n) is 3.94. The maximum atomic E-state index is 6.12. The average Bonchev–Trinajstić information content (AvgIpc) is 2.93. The molecule has 0 radical (unpaired) electrons. The van der Waals surface area contributed by atoms with Crippen LogP contribution >= 0.6 is 23.2 Å². The minimum Gasteiger partial charge on any atom is -0.397 e. The van der Waals surface area contributed by atoms with Crippen LogP contribution in [0.4, 0.5) is 11.6 Å². The van der Waals surface area contributed by atoms with E-state index in [2.05, 4.69) is 29.1 Å². The summed E-state index contributed by atoms with van der Waals surface area (Å²) in [5, 5.41) is 4.46. The second kappa shape index (κ2) is 5.95. The predicted octanol–water partition coefficient (Wildman–Crippen LogP) is 4.84. The molecule has 0 spiro atoms. The summed E-state index contributed by atoms with van der Waals surface area (Å²) in [6.07, 6.45) is 0. The molecule has 0 aliphatic carbocycles. The van der Waals surface area contributed by atoms with Crippen molar-refractivity contribution in [3.8, 4) is 0 Å². The quantitative estimate of drug-likeness (QED) is 0.591. The van der Waals surface area contributed by atoms with E-state index in [1.165, 1.54) is 0 Å². The Hall–Kier alpha value is -1.91. The number of fused-ring (bicyclic) bond motifs is 1. The van der Waals surface area contributed by atoms with Crippen molar-refractivity contribution in [1.82, 2.24) is 9.97 Å². The molecule has 6 heteroatoms. The smallest absolute Gasteiger partial charge is 0.201 e. The molecule has 0 unspecified atom stereocenters. The van der Waals surface area contributed by atoms with Crippen molar-refractivity contribution in [1.29, 1.82) is 0 Å². The van der Waals surface area contributed by atoms with E-state index >= 15 is 0 Å². The number of imidazole rings is 1. The van der Waals surface area contributed by atoms with Crippen LogP contribution in [-0.4, -0.2) is 16.5 Å². The Morgan fingerprint density at radius 3 is 2.65 bits per heavy atom. The molecule has 0 aliphatic heterocycles. The van der Waals surface area contributed by atoms with Gasteiger partial charge in [-0.05, 0) is 29.8 Å². The Morgan fingerprint density at radius 1 is 1.17 bits per heavy atom. The number of aromatic nitrogens is 2. The van der Waals surface area contributed by atoms with Gasteiger partial charge in [0.05, 0.1) is 21.2 Å². The molecule has 120 valence electrons. The fraction of sp³-hybridized carbons (Fsp3) is 0.235. The Kier molecular flexibility index (Phi) is 4.13. The predicted molar refractivity (Wildman–Crippen MR) is 98.5 cm³/mol. The van der Waals surface area contributed by atoms with E-state index in [0.29, 0.717) is 28.2 Å². The number of halogens is 2. The standard InChI is InChI=1S/C17H18Cl2N4/c1-17(2,10-6-7-11(18)12(19)8-10)9-21-16-22-14-5-3-4-13(20)15(14)23-16/h3-8H,9,20H2,1-2H3,(H2,21,22,23). The first kappa shape index (κ1) is 16.0. The molecule has 0 amide bonds. The summed E-state index contributed by atoms with van der Waals surface area (Å²) in [5.41, 5.74) is 9.26. The van der Waals surface area contributed by atoms with Crippen molar-refractivity contribution < 1.29 is 0 Å². The molecule has 0 fully saturated rings. The number of rotatable bonds is 4. The molecule has 0 bridgehead atoms. The minimum absolute atomic E-state index is 0.140. The lowest BCUT2D eigenvalue weighted by molar-refractivity contribution is 0.555. The van der Waals surface area contributed by atoms with Gasteiger partial charge in [-0.1, -0.05) is 49.2 Å². The van der Waals surface area contributed by atoms with Gasteiger partial charge >= 0.3 is 0 Å². The largest absolute Gasteiger partial charge is 0.397 e. The van der Waals surface area contributed by atoms with Crippen molar-refractivity contribution in [2.24, 2.45) is 0 Å². The molecular formula is C17H18Cl2N4. The first-order valence-corrected chi connectivity index (χ1v) is 8.06. The van der Waals surface area contributed by atoms with E-state index < -0.39 is 0 Å². The van der Waals surface area contributed by atoms with Crippen LogP contribution in [0.15, 0.2) is 36.4 Å². The molecule has 1 heterocycles. The summed E-state index contributed by atoms with van der Waals surface area (Å²) in [6, 6.07) is 11.4. The molecule has 4 N–H and O–H groups in total. The number of hydrogen-bond acceptors (Lipinski definition) is 3. The molecule has 4 nitrogen and oxygen atoms in total. The number of hydrogen-bond donors (Lipinski definition) is 3. The third kappa shape index (κ3) is 3.23. The zero-order valence-electron chi connectivity index (χ0n) is 13.0. The van der Waals surface area contributed by atoms with Crippen molar-refractivity contribution in [3.05, 3.63) is 52.0 Å². The summed E-state index contributed by atoms with van der Waals surface area (Å²) >= 11 is 12.1. The van der Waals surface area contributed by atoms with E-state index in [9.17, 15) is 0 Å². The molecule has 23 heavy (non-hydrogen) atoms. The molecular weight excluding hydrogens is 331 g/mol. The van der Waals surface area contributed by atoms with E-state index in [1.807, 2.05) is 36.4 Å². The molecule has 0 saturated heterocycles. The van der Waals surface area contributed by atoms with Gasteiger partial charge in [0.2, 0.25) is 5.95 Å².